The molecule has 1 aromatic heterocycles. The summed E-state index contributed by atoms with van der Waals surface area (Å²) in [6.07, 6.45) is 5.47. The molecule has 1 heterocycles. The molecule has 0 amide bonds. The number of nitrogens with zero attached hydrogens (tertiary/aromatic N) is 2. The van der Waals surface area contributed by atoms with Crippen molar-refractivity contribution >= 4 is 28.4 Å². The van der Waals surface area contributed by atoms with Crippen molar-refractivity contribution in [2.75, 3.05) is 19.0 Å². The number of hydrogen-bond donors (Lipinski definition) is 1. The SMILES string of the molecule is CCCNc1nc(C2(OC)CCC(C)CC2)nc(C)c1I. The van der Waals surface area contributed by atoms with Crippen LogP contribution in [0, 0.1) is 16.4 Å². The highest BCUT2D eigenvalue weighted by Crippen LogP contribution is 2.41. The molecule has 0 bridgehead atoms. The molecule has 1 aliphatic carbocycles. The van der Waals surface area contributed by atoms with Gasteiger partial charge < -0.3 is 10.1 Å². The molecule has 0 unspecified atom stereocenters. The molecule has 4 nitrogen and oxygen atoms in total. The third kappa shape index (κ3) is 3.67. The van der Waals surface area contributed by atoms with Gasteiger partial charge in [0.05, 0.1) is 9.26 Å². The van der Waals surface area contributed by atoms with Crippen molar-refractivity contribution < 1.29 is 4.74 Å². The van der Waals surface area contributed by atoms with E-state index in [2.05, 4.69) is 48.7 Å². The second kappa shape index (κ2) is 7.22. The van der Waals surface area contributed by atoms with Crippen molar-refractivity contribution in [2.24, 2.45) is 5.92 Å². The number of aryl methyl sites for hydroxylation is 1. The number of rotatable bonds is 5. The number of hydrogen-bond acceptors (Lipinski definition) is 4. The van der Waals surface area contributed by atoms with Crippen molar-refractivity contribution in [2.45, 2.75) is 58.5 Å². The lowest BCUT2D eigenvalue weighted by atomic mass is 9.79. The molecular formula is C16H26IN3O. The Kier molecular flexibility index (Phi) is 5.82. The van der Waals surface area contributed by atoms with Gasteiger partial charge in [-0.15, -0.1) is 0 Å². The van der Waals surface area contributed by atoms with Gasteiger partial charge >= 0.3 is 0 Å². The van der Waals surface area contributed by atoms with Crippen molar-refractivity contribution in [3.05, 3.63) is 15.1 Å². The fourth-order valence-electron chi connectivity index (χ4n) is 2.87. The molecule has 0 radical (unpaired) electrons. The second-order valence-corrected chi connectivity index (χ2v) is 7.18. The van der Waals surface area contributed by atoms with E-state index in [1.807, 2.05) is 0 Å². The second-order valence-electron chi connectivity index (χ2n) is 6.10. The van der Waals surface area contributed by atoms with E-state index in [1.165, 1.54) is 12.8 Å². The molecule has 118 valence electrons. The van der Waals surface area contributed by atoms with Crippen LogP contribution in [0.25, 0.3) is 0 Å². The first-order chi connectivity index (χ1) is 10.0. The molecule has 0 atom stereocenters. The minimum Gasteiger partial charge on any atom is -0.370 e. The normalized spacial score (nSPS) is 25.9. The Morgan fingerprint density at radius 3 is 2.57 bits per heavy atom. The van der Waals surface area contributed by atoms with Crippen LogP contribution in [0.2, 0.25) is 0 Å². The lowest BCUT2D eigenvalue weighted by molar-refractivity contribution is -0.0597. The lowest BCUT2D eigenvalue weighted by Gasteiger charge is -2.37. The first-order valence-corrected chi connectivity index (χ1v) is 8.94. The van der Waals surface area contributed by atoms with Gasteiger partial charge in [0.1, 0.15) is 11.4 Å². The van der Waals surface area contributed by atoms with E-state index in [9.17, 15) is 0 Å². The highest BCUT2D eigenvalue weighted by Gasteiger charge is 2.39. The molecule has 1 N–H and O–H groups in total. The summed E-state index contributed by atoms with van der Waals surface area (Å²) in [5, 5.41) is 3.42. The van der Waals surface area contributed by atoms with Crippen LogP contribution in [0.15, 0.2) is 0 Å². The van der Waals surface area contributed by atoms with Gasteiger partial charge in [-0.05, 0) is 67.5 Å². The van der Waals surface area contributed by atoms with Crippen LogP contribution < -0.4 is 5.32 Å². The molecule has 5 heteroatoms. The largest absolute Gasteiger partial charge is 0.370 e. The molecule has 1 aromatic rings. The van der Waals surface area contributed by atoms with E-state index in [4.69, 9.17) is 14.7 Å². The third-order valence-electron chi connectivity index (χ3n) is 4.44. The predicted molar refractivity (Wildman–Crippen MR) is 94.6 cm³/mol. The molecule has 0 spiro atoms. The van der Waals surface area contributed by atoms with Crippen LogP contribution in [0.1, 0.15) is 57.5 Å². The van der Waals surface area contributed by atoms with Crippen LogP contribution in [-0.4, -0.2) is 23.6 Å². The zero-order valence-electron chi connectivity index (χ0n) is 13.5. The molecule has 1 fully saturated rings. The summed E-state index contributed by atoms with van der Waals surface area (Å²) >= 11 is 2.32. The topological polar surface area (TPSA) is 47.0 Å². The molecule has 0 aliphatic heterocycles. The van der Waals surface area contributed by atoms with Gasteiger partial charge in [-0.1, -0.05) is 13.8 Å². The number of aromatic nitrogens is 2. The first kappa shape index (κ1) is 16.9. The molecule has 21 heavy (non-hydrogen) atoms. The number of halogens is 1. The zero-order valence-corrected chi connectivity index (χ0v) is 15.7. The Morgan fingerprint density at radius 1 is 1.33 bits per heavy atom. The Hall–Kier alpha value is -0.430. The van der Waals surface area contributed by atoms with E-state index in [0.717, 1.165) is 52.6 Å². The van der Waals surface area contributed by atoms with Crippen molar-refractivity contribution in [3.8, 4) is 0 Å². The summed E-state index contributed by atoms with van der Waals surface area (Å²) < 4.78 is 7.02. The minimum atomic E-state index is -0.301. The maximum absolute atomic E-state index is 5.91. The van der Waals surface area contributed by atoms with E-state index < -0.39 is 0 Å². The number of anilines is 1. The first-order valence-electron chi connectivity index (χ1n) is 7.86. The Morgan fingerprint density at radius 2 is 2.00 bits per heavy atom. The van der Waals surface area contributed by atoms with Crippen LogP contribution in [0.4, 0.5) is 5.82 Å². The van der Waals surface area contributed by atoms with Crippen molar-refractivity contribution in [1.29, 1.82) is 0 Å². The maximum Gasteiger partial charge on any atom is 0.162 e. The van der Waals surface area contributed by atoms with Gasteiger partial charge in [-0.3, -0.25) is 0 Å². The quantitative estimate of drug-likeness (QED) is 0.747. The van der Waals surface area contributed by atoms with Gasteiger partial charge in [0.15, 0.2) is 5.82 Å². The number of nitrogens with one attached hydrogen (secondary N) is 1. The molecule has 2 rings (SSSR count). The predicted octanol–water partition coefficient (Wildman–Crippen LogP) is 4.26. The average molecular weight is 403 g/mol. The maximum atomic E-state index is 5.91. The molecule has 0 aromatic carbocycles. The standard InChI is InChI=1S/C16H26IN3O/c1-5-10-18-14-13(17)12(3)19-15(20-14)16(21-4)8-6-11(2)7-9-16/h11H,5-10H2,1-4H3,(H,18,19,20). The summed E-state index contributed by atoms with van der Waals surface area (Å²) in [7, 11) is 1.80. The van der Waals surface area contributed by atoms with Crippen LogP contribution in [0.5, 0.6) is 0 Å². The van der Waals surface area contributed by atoms with Crippen molar-refractivity contribution in [1.82, 2.24) is 9.97 Å². The molecule has 0 saturated heterocycles. The highest BCUT2D eigenvalue weighted by atomic mass is 127. The monoisotopic (exact) mass is 403 g/mol. The number of methoxy groups -OCH3 is 1. The van der Waals surface area contributed by atoms with Gasteiger partial charge in [0.25, 0.3) is 0 Å². The Bertz CT molecular complexity index is 485. The summed E-state index contributed by atoms with van der Waals surface area (Å²) in [5.74, 6) is 2.58. The van der Waals surface area contributed by atoms with Crippen molar-refractivity contribution in [3.63, 3.8) is 0 Å². The van der Waals surface area contributed by atoms with E-state index in [1.54, 1.807) is 7.11 Å². The van der Waals surface area contributed by atoms with E-state index in [0.29, 0.717) is 0 Å². The van der Waals surface area contributed by atoms with Crippen LogP contribution in [0.3, 0.4) is 0 Å². The fraction of sp³-hybridized carbons (Fsp3) is 0.750. The van der Waals surface area contributed by atoms with E-state index >= 15 is 0 Å². The summed E-state index contributed by atoms with van der Waals surface area (Å²) in [6.45, 7) is 7.46. The fourth-order valence-corrected chi connectivity index (χ4v) is 3.30. The van der Waals surface area contributed by atoms with Gasteiger partial charge in [0, 0.05) is 13.7 Å². The lowest BCUT2D eigenvalue weighted by Crippen LogP contribution is -2.35. The highest BCUT2D eigenvalue weighted by molar-refractivity contribution is 14.1. The van der Waals surface area contributed by atoms with Crippen LogP contribution in [-0.2, 0) is 10.3 Å². The Balaban J connectivity index is 2.35. The average Bonchev–Trinajstić information content (AvgIpc) is 2.50. The summed E-state index contributed by atoms with van der Waals surface area (Å²) in [6, 6.07) is 0. The Labute approximate surface area is 141 Å². The zero-order chi connectivity index (χ0) is 15.5. The number of ether oxygens (including phenoxy) is 1. The van der Waals surface area contributed by atoms with Gasteiger partial charge in [-0.25, -0.2) is 9.97 Å². The third-order valence-corrected chi connectivity index (χ3v) is 5.73. The molecule has 1 saturated carbocycles. The summed E-state index contributed by atoms with van der Waals surface area (Å²) in [4.78, 5) is 9.56. The van der Waals surface area contributed by atoms with E-state index in [-0.39, 0.29) is 5.60 Å². The minimum absolute atomic E-state index is 0.301. The molecule has 1 aliphatic rings. The van der Waals surface area contributed by atoms with Gasteiger partial charge in [0.2, 0.25) is 0 Å². The van der Waals surface area contributed by atoms with Crippen LogP contribution >= 0.6 is 22.6 Å². The summed E-state index contributed by atoms with van der Waals surface area (Å²) in [5.41, 5.74) is 0.735. The molecular weight excluding hydrogens is 377 g/mol. The van der Waals surface area contributed by atoms with Gasteiger partial charge in [-0.2, -0.15) is 0 Å². The smallest absolute Gasteiger partial charge is 0.162 e.